The van der Waals surface area contributed by atoms with Crippen LogP contribution in [0, 0.1) is 0 Å². The van der Waals surface area contributed by atoms with Crippen molar-refractivity contribution in [2.45, 2.75) is 83.5 Å². The molecule has 4 rings (SSSR count). The van der Waals surface area contributed by atoms with Gasteiger partial charge < -0.3 is 10.1 Å². The number of aryl methyl sites for hydroxylation is 2. The lowest BCUT2D eigenvalue weighted by atomic mass is 9.98. The largest absolute Gasteiger partial charge is 0.443 e. The van der Waals surface area contributed by atoms with E-state index in [1.54, 1.807) is 41.8 Å². The highest BCUT2D eigenvalue weighted by Gasteiger charge is 2.35. The van der Waals surface area contributed by atoms with Crippen molar-refractivity contribution < 1.29 is 14.3 Å². The van der Waals surface area contributed by atoms with Crippen molar-refractivity contribution >= 4 is 23.6 Å². The van der Waals surface area contributed by atoms with Gasteiger partial charge in [-0.15, -0.1) is 0 Å². The number of pyridine rings is 2. The molecule has 0 radical (unpaired) electrons. The molecule has 0 aliphatic rings. The number of aromatic nitrogens is 2. The molecule has 0 fully saturated rings. The van der Waals surface area contributed by atoms with Crippen LogP contribution in [0.3, 0.4) is 0 Å². The minimum absolute atomic E-state index is 0.131. The Morgan fingerprint density at radius 1 is 0.800 bits per heavy atom. The maximum Gasteiger partial charge on any atom is 0.411 e. The second-order valence-electron chi connectivity index (χ2n) is 11.9. The number of halogens is 1. The summed E-state index contributed by atoms with van der Waals surface area (Å²) in [5.41, 5.74) is 3.42. The first-order valence-corrected chi connectivity index (χ1v) is 16.0. The molecule has 8 heteroatoms. The Morgan fingerprint density at radius 3 is 1.89 bits per heavy atom. The second kappa shape index (κ2) is 16.7. The molecule has 0 bridgehead atoms. The molecule has 2 aromatic heterocycles. The molecular weight excluding hydrogens is 584 g/mol. The number of carbonyl (C=O) groups excluding carboxylic acids is 2. The molecule has 0 aliphatic heterocycles. The Balaban J connectivity index is 1.64. The van der Waals surface area contributed by atoms with Gasteiger partial charge in [-0.1, -0.05) is 61.0 Å². The Kier molecular flexibility index (Phi) is 12.5. The molecule has 0 unspecified atom stereocenters. The maximum atomic E-state index is 14.4. The van der Waals surface area contributed by atoms with E-state index in [0.29, 0.717) is 17.9 Å². The van der Waals surface area contributed by atoms with Crippen LogP contribution in [0.4, 0.5) is 4.79 Å². The van der Waals surface area contributed by atoms with Gasteiger partial charge in [0, 0.05) is 48.8 Å². The normalized spacial score (nSPS) is 12.0. The Hall–Kier alpha value is -4.23. The number of amides is 2. The van der Waals surface area contributed by atoms with Crippen LogP contribution in [0.25, 0.3) is 0 Å². The van der Waals surface area contributed by atoms with E-state index in [4.69, 9.17) is 16.3 Å². The van der Waals surface area contributed by atoms with Gasteiger partial charge in [0.25, 0.3) is 0 Å². The Labute approximate surface area is 272 Å². The van der Waals surface area contributed by atoms with Crippen LogP contribution in [0.1, 0.15) is 62.3 Å². The molecule has 2 heterocycles. The van der Waals surface area contributed by atoms with E-state index in [9.17, 15) is 9.59 Å². The zero-order valence-corrected chi connectivity index (χ0v) is 27.1. The molecule has 0 saturated carbocycles. The van der Waals surface area contributed by atoms with Crippen molar-refractivity contribution in [3.8, 4) is 0 Å². The molecule has 0 saturated heterocycles. The maximum absolute atomic E-state index is 14.4. The van der Waals surface area contributed by atoms with Crippen LogP contribution in [0.15, 0.2) is 104 Å². The van der Waals surface area contributed by atoms with E-state index in [0.717, 1.165) is 47.9 Å². The fraction of sp³-hybridized carbons (Fsp3) is 0.351. The van der Waals surface area contributed by atoms with E-state index in [-0.39, 0.29) is 18.5 Å². The van der Waals surface area contributed by atoms with Gasteiger partial charge in [-0.05, 0) is 105 Å². The van der Waals surface area contributed by atoms with E-state index in [2.05, 4.69) is 15.3 Å². The van der Waals surface area contributed by atoms with Crippen molar-refractivity contribution in [3.05, 3.63) is 131 Å². The summed E-state index contributed by atoms with van der Waals surface area (Å²) in [6.07, 6.45) is 10.6. The van der Waals surface area contributed by atoms with Crippen LogP contribution < -0.4 is 5.32 Å². The second-order valence-corrected chi connectivity index (χ2v) is 12.4. The van der Waals surface area contributed by atoms with Gasteiger partial charge >= 0.3 is 6.09 Å². The molecule has 1 atom stereocenters. The number of nitrogens with zero attached hydrogens (tertiary/aromatic N) is 3. The van der Waals surface area contributed by atoms with Gasteiger partial charge in [0.15, 0.2) is 0 Å². The lowest BCUT2D eigenvalue weighted by molar-refractivity contribution is -0.127. The highest BCUT2D eigenvalue weighted by atomic mass is 35.5. The Bertz CT molecular complexity index is 1420. The topological polar surface area (TPSA) is 84.4 Å². The van der Waals surface area contributed by atoms with Gasteiger partial charge in [0.2, 0.25) is 5.91 Å². The molecule has 7 nitrogen and oxygen atoms in total. The third-order valence-corrected chi connectivity index (χ3v) is 8.33. The van der Waals surface area contributed by atoms with Crippen molar-refractivity contribution in [2.24, 2.45) is 0 Å². The van der Waals surface area contributed by atoms with Crippen molar-refractivity contribution in [2.75, 3.05) is 0 Å². The van der Waals surface area contributed by atoms with Crippen LogP contribution in [-0.2, 0) is 35.3 Å². The highest BCUT2D eigenvalue weighted by molar-refractivity contribution is 6.30. The smallest absolute Gasteiger partial charge is 0.411 e. The molecule has 0 aliphatic carbocycles. The predicted octanol–water partition coefficient (Wildman–Crippen LogP) is 7.62. The average Bonchev–Trinajstić information content (AvgIpc) is 3.06. The number of hydrogen-bond acceptors (Lipinski definition) is 5. The zero-order valence-electron chi connectivity index (χ0n) is 26.4. The van der Waals surface area contributed by atoms with Crippen LogP contribution >= 0.6 is 11.6 Å². The fourth-order valence-electron chi connectivity index (χ4n) is 5.00. The molecule has 1 N–H and O–H groups in total. The molecular formula is C37H43ClN4O3. The summed E-state index contributed by atoms with van der Waals surface area (Å²) in [6.45, 7) is 5.97. The van der Waals surface area contributed by atoms with E-state index < -0.39 is 17.7 Å². The number of hydrogen-bond donors (Lipinski definition) is 1. The van der Waals surface area contributed by atoms with Gasteiger partial charge in [-0.25, -0.2) is 4.79 Å². The van der Waals surface area contributed by atoms with Crippen LogP contribution in [-0.4, -0.2) is 44.6 Å². The number of rotatable bonds is 15. The number of ether oxygens (including phenoxy) is 1. The van der Waals surface area contributed by atoms with Crippen molar-refractivity contribution in [1.29, 1.82) is 0 Å². The predicted molar refractivity (Wildman–Crippen MR) is 179 cm³/mol. The Morgan fingerprint density at radius 2 is 1.36 bits per heavy atom. The third-order valence-electron chi connectivity index (χ3n) is 8.07. The molecule has 45 heavy (non-hydrogen) atoms. The number of carbonyl (C=O) groups is 2. The average molecular weight is 627 g/mol. The minimum atomic E-state index is -0.823. The molecule has 2 aromatic carbocycles. The van der Waals surface area contributed by atoms with Gasteiger partial charge in [0.1, 0.15) is 11.6 Å². The summed E-state index contributed by atoms with van der Waals surface area (Å²) in [5, 5.41) is 3.95. The third kappa shape index (κ3) is 11.0. The van der Waals surface area contributed by atoms with E-state index >= 15 is 0 Å². The monoisotopic (exact) mass is 626 g/mol. The van der Waals surface area contributed by atoms with Gasteiger partial charge in [0.05, 0.1) is 0 Å². The number of benzene rings is 2. The van der Waals surface area contributed by atoms with Gasteiger partial charge in [-0.2, -0.15) is 0 Å². The first kappa shape index (κ1) is 33.7. The summed E-state index contributed by atoms with van der Waals surface area (Å²) >= 11 is 6.19. The minimum Gasteiger partial charge on any atom is -0.443 e. The summed E-state index contributed by atoms with van der Waals surface area (Å²) in [5.74, 6) is -0.221. The first-order chi connectivity index (χ1) is 21.7. The summed E-state index contributed by atoms with van der Waals surface area (Å²) < 4.78 is 6.00. The SMILES string of the molecule is CCC(C)(C)OC(=O)N(Cc1ccccc1)[C@@H](Cc1ccc(Cl)cc1)C(=O)NC(CCc1ccncc1)CCc1ccncc1. The molecule has 4 aromatic rings. The molecule has 236 valence electrons. The summed E-state index contributed by atoms with van der Waals surface area (Å²) in [7, 11) is 0. The molecule has 0 spiro atoms. The van der Waals surface area contributed by atoms with E-state index in [1.165, 1.54) is 0 Å². The lowest BCUT2D eigenvalue weighted by Crippen LogP contribution is -2.53. The van der Waals surface area contributed by atoms with Gasteiger partial charge in [-0.3, -0.25) is 19.7 Å². The van der Waals surface area contributed by atoms with Crippen molar-refractivity contribution in [1.82, 2.24) is 20.2 Å². The summed E-state index contributed by atoms with van der Waals surface area (Å²) in [6, 6.07) is 24.1. The summed E-state index contributed by atoms with van der Waals surface area (Å²) in [4.78, 5) is 38.2. The first-order valence-electron chi connectivity index (χ1n) is 15.6. The number of nitrogens with one attached hydrogen (secondary N) is 1. The van der Waals surface area contributed by atoms with Crippen LogP contribution in [0.5, 0.6) is 0 Å². The fourth-order valence-corrected chi connectivity index (χ4v) is 5.13. The van der Waals surface area contributed by atoms with E-state index in [1.807, 2.05) is 87.5 Å². The van der Waals surface area contributed by atoms with Crippen LogP contribution in [0.2, 0.25) is 5.02 Å². The zero-order chi connectivity index (χ0) is 32.1. The lowest BCUT2D eigenvalue weighted by Gasteiger charge is -2.35. The quantitative estimate of drug-likeness (QED) is 0.147. The van der Waals surface area contributed by atoms with Crippen molar-refractivity contribution in [3.63, 3.8) is 0 Å². The highest BCUT2D eigenvalue weighted by Crippen LogP contribution is 2.22. The standard InChI is InChI=1S/C37H43ClN4O3/c1-4-37(2,3)45-36(44)42(27-31-8-6-5-7-9-31)34(26-30-10-14-32(38)15-11-30)35(43)41-33(16-12-28-18-22-39-23-19-28)17-13-29-20-24-40-25-21-29/h5-11,14-15,18-25,33-34H,4,12-13,16-17,26-27H2,1-3H3,(H,41,43)/t34-/m0/s1. The molecule has 2 amide bonds.